The summed E-state index contributed by atoms with van der Waals surface area (Å²) in [6.45, 7) is 0. The molecule has 0 unspecified atom stereocenters. The number of hydrogen-bond acceptors (Lipinski definition) is 1. The third-order valence-corrected chi connectivity index (χ3v) is 4.83. The van der Waals surface area contributed by atoms with Crippen LogP contribution in [0.2, 0.25) is 0 Å². The van der Waals surface area contributed by atoms with Gasteiger partial charge in [-0.15, -0.1) is 5.69 Å². The van der Waals surface area contributed by atoms with Gasteiger partial charge < -0.3 is 11.5 Å². The van der Waals surface area contributed by atoms with Gasteiger partial charge in [0.1, 0.15) is 0 Å². The van der Waals surface area contributed by atoms with Crippen LogP contribution in [-0.4, -0.2) is 0 Å². The van der Waals surface area contributed by atoms with Crippen LogP contribution in [0.4, 0.5) is 11.4 Å². The number of aryl methyl sites for hydroxylation is 2. The molecular formula is C20H25AcN2-. The molecule has 0 spiro atoms. The molecule has 0 saturated heterocycles. The molecule has 0 bridgehead atoms. The molecule has 0 aliphatic heterocycles. The first-order valence-corrected chi connectivity index (χ1v) is 8.44. The predicted octanol–water partition coefficient (Wildman–Crippen LogP) is 5.40. The molecule has 3 N–H and O–H groups in total. The zero-order valence-electron chi connectivity index (χ0n) is 13.8. The summed E-state index contributed by atoms with van der Waals surface area (Å²) in [5.74, 6) is 0. The molecule has 2 nitrogen and oxygen atoms in total. The van der Waals surface area contributed by atoms with E-state index in [1.165, 1.54) is 67.2 Å². The van der Waals surface area contributed by atoms with E-state index < -0.39 is 0 Å². The van der Waals surface area contributed by atoms with E-state index in [1.54, 1.807) is 0 Å². The fraction of sp³-hybridized carbons (Fsp3) is 0.400. The Hall–Kier alpha value is -0.518. The quantitative estimate of drug-likeness (QED) is 0.465. The Kier molecular flexibility index (Phi) is 7.44. The summed E-state index contributed by atoms with van der Waals surface area (Å²) in [6.07, 6.45) is 9.91. The Morgan fingerprint density at radius 1 is 0.696 bits per heavy atom. The van der Waals surface area contributed by atoms with Crippen molar-refractivity contribution in [1.29, 1.82) is 0 Å². The van der Waals surface area contributed by atoms with E-state index in [-0.39, 0.29) is 44.1 Å². The Bertz CT molecular complexity index is 595. The number of anilines is 1. The van der Waals surface area contributed by atoms with Crippen LogP contribution in [-0.2, 0) is 25.7 Å². The summed E-state index contributed by atoms with van der Waals surface area (Å²) in [6, 6.07) is 12.3. The Balaban J connectivity index is 0.000000160. The van der Waals surface area contributed by atoms with Gasteiger partial charge in [0.25, 0.3) is 0 Å². The van der Waals surface area contributed by atoms with Crippen molar-refractivity contribution in [2.24, 2.45) is 0 Å². The number of nitrogens with one attached hydrogen (secondary N) is 1. The van der Waals surface area contributed by atoms with E-state index in [4.69, 9.17) is 11.5 Å². The number of benzene rings is 2. The van der Waals surface area contributed by atoms with Crippen LogP contribution < -0.4 is 5.73 Å². The summed E-state index contributed by atoms with van der Waals surface area (Å²) >= 11 is 0. The minimum Gasteiger partial charge on any atom is -0.698 e. The molecule has 2 aromatic carbocycles. The average molecular weight is 520 g/mol. The van der Waals surface area contributed by atoms with Gasteiger partial charge in [-0.25, -0.2) is 0 Å². The van der Waals surface area contributed by atoms with Gasteiger partial charge in [0.15, 0.2) is 0 Å². The molecule has 0 amide bonds. The predicted molar refractivity (Wildman–Crippen MR) is 94.6 cm³/mol. The minimum absolute atomic E-state index is 0. The van der Waals surface area contributed by atoms with E-state index >= 15 is 0 Å². The fourth-order valence-electron chi connectivity index (χ4n) is 3.59. The fourth-order valence-corrected chi connectivity index (χ4v) is 3.59. The summed E-state index contributed by atoms with van der Waals surface area (Å²) in [5.41, 5.74) is 20.8. The maximum absolute atomic E-state index is 7.65. The zero-order chi connectivity index (χ0) is 15.4. The average Bonchev–Trinajstić information content (AvgIpc) is 2.57. The molecule has 2 aromatic rings. The summed E-state index contributed by atoms with van der Waals surface area (Å²) in [5, 5.41) is 0. The van der Waals surface area contributed by atoms with Crippen molar-refractivity contribution >= 4 is 11.4 Å². The molecule has 0 heterocycles. The molecule has 0 atom stereocenters. The van der Waals surface area contributed by atoms with Crippen LogP contribution in [0.15, 0.2) is 36.4 Å². The molecule has 23 heavy (non-hydrogen) atoms. The maximum atomic E-state index is 7.65. The van der Waals surface area contributed by atoms with Gasteiger partial charge in [-0.05, 0) is 74.1 Å². The van der Waals surface area contributed by atoms with Crippen LogP contribution in [0.25, 0.3) is 5.73 Å². The maximum Gasteiger partial charge on any atom is 0.0349 e. The number of fused-ring (bicyclic) bond motifs is 2. The monoisotopic (exact) mass is 520 g/mol. The van der Waals surface area contributed by atoms with Gasteiger partial charge in [-0.2, -0.15) is 0 Å². The Morgan fingerprint density at radius 3 is 1.83 bits per heavy atom. The van der Waals surface area contributed by atoms with Crippen molar-refractivity contribution in [2.45, 2.75) is 51.4 Å². The second-order valence-corrected chi connectivity index (χ2v) is 6.34. The molecule has 2 aliphatic rings. The van der Waals surface area contributed by atoms with Crippen molar-refractivity contribution in [3.63, 3.8) is 0 Å². The molecule has 3 heteroatoms. The minimum atomic E-state index is 0. The van der Waals surface area contributed by atoms with Crippen LogP contribution in [0.5, 0.6) is 0 Å². The standard InChI is InChI=1S/C10H13N.C10H12N.Ac/c2*11-10-7-3-5-8-4-1-2-6-9(8)10;/h3,5,7H,1-2,4,6,11H2;3,5,7,11H,1-2,4,6H2;/q;-1;. The Morgan fingerprint density at radius 2 is 1.22 bits per heavy atom. The van der Waals surface area contributed by atoms with Crippen LogP contribution >= 0.6 is 0 Å². The van der Waals surface area contributed by atoms with Crippen LogP contribution in [0, 0.1) is 44.1 Å². The molecule has 0 saturated carbocycles. The normalized spacial score (nSPS) is 15.3. The van der Waals surface area contributed by atoms with E-state index in [9.17, 15) is 0 Å². The smallest absolute Gasteiger partial charge is 0.0349 e. The third kappa shape index (κ3) is 4.74. The van der Waals surface area contributed by atoms with Gasteiger partial charge in [-0.1, -0.05) is 35.9 Å². The van der Waals surface area contributed by atoms with Gasteiger partial charge in [0, 0.05) is 49.7 Å². The third-order valence-electron chi connectivity index (χ3n) is 4.83. The van der Waals surface area contributed by atoms with Crippen LogP contribution in [0.3, 0.4) is 0 Å². The van der Waals surface area contributed by atoms with E-state index in [1.807, 2.05) is 18.2 Å². The van der Waals surface area contributed by atoms with Gasteiger partial charge in [0.2, 0.25) is 0 Å². The molecule has 2 aliphatic carbocycles. The molecule has 4 rings (SSSR count). The number of nitrogen functional groups attached to an aromatic ring is 1. The first-order chi connectivity index (χ1) is 10.8. The van der Waals surface area contributed by atoms with E-state index in [2.05, 4.69) is 18.2 Å². The largest absolute Gasteiger partial charge is 0.698 e. The first kappa shape index (κ1) is 18.8. The van der Waals surface area contributed by atoms with Crippen molar-refractivity contribution in [3.05, 3.63) is 64.4 Å². The van der Waals surface area contributed by atoms with Crippen LogP contribution in [0.1, 0.15) is 47.9 Å². The molecule has 1 radical (unpaired) electrons. The van der Waals surface area contributed by atoms with Crippen molar-refractivity contribution < 1.29 is 44.1 Å². The topological polar surface area (TPSA) is 49.8 Å². The van der Waals surface area contributed by atoms with Gasteiger partial charge in [-0.3, -0.25) is 0 Å². The number of rotatable bonds is 0. The SMILES string of the molecule is Nc1cccc2c1CCCC2.[Ac].[NH-]c1cccc2c1CCCC2. The molecular weight excluding hydrogens is 495 g/mol. The van der Waals surface area contributed by atoms with E-state index in [0.29, 0.717) is 0 Å². The molecule has 0 fully saturated rings. The van der Waals surface area contributed by atoms with Gasteiger partial charge >= 0.3 is 0 Å². The Labute approximate surface area is 175 Å². The second kappa shape index (κ2) is 9.09. The zero-order valence-corrected chi connectivity index (χ0v) is 18.5. The molecule has 119 valence electrons. The number of nitrogens with two attached hydrogens (primary N) is 1. The van der Waals surface area contributed by atoms with E-state index in [0.717, 1.165) is 17.8 Å². The first-order valence-electron chi connectivity index (χ1n) is 8.44. The van der Waals surface area contributed by atoms with Crippen molar-refractivity contribution in [3.8, 4) is 0 Å². The number of hydrogen-bond donors (Lipinski definition) is 1. The van der Waals surface area contributed by atoms with Crippen molar-refractivity contribution in [1.82, 2.24) is 0 Å². The summed E-state index contributed by atoms with van der Waals surface area (Å²) in [4.78, 5) is 0. The second-order valence-electron chi connectivity index (χ2n) is 6.34. The van der Waals surface area contributed by atoms with Crippen molar-refractivity contribution in [2.75, 3.05) is 5.73 Å². The van der Waals surface area contributed by atoms with Gasteiger partial charge in [0.05, 0.1) is 0 Å². The molecule has 0 aromatic heterocycles. The summed E-state index contributed by atoms with van der Waals surface area (Å²) < 4.78 is 0. The summed E-state index contributed by atoms with van der Waals surface area (Å²) in [7, 11) is 0.